The number of amides is 1. The molecule has 1 aliphatic heterocycles. The van der Waals surface area contributed by atoms with Crippen molar-refractivity contribution in [1.82, 2.24) is 4.90 Å². The number of anilines is 2. The summed E-state index contributed by atoms with van der Waals surface area (Å²) in [7, 11) is 8.17. The zero-order valence-electron chi connectivity index (χ0n) is 14.9. The standard InChI is InChI=1S/C20H25N3O/c1-21(2)16-9-7-8-15(14-16)20(24)23-13-12-18(22(3)4)17-10-5-6-11-19(17)23/h5-11,14,18H,12-13H2,1-4H3. The van der Waals surface area contributed by atoms with Crippen LogP contribution in [0.2, 0.25) is 0 Å². The van der Waals surface area contributed by atoms with Crippen LogP contribution in [-0.4, -0.2) is 45.5 Å². The molecule has 0 aromatic heterocycles. The first-order valence-corrected chi connectivity index (χ1v) is 8.33. The zero-order valence-corrected chi connectivity index (χ0v) is 14.9. The van der Waals surface area contributed by atoms with Crippen molar-refractivity contribution in [2.45, 2.75) is 12.5 Å². The summed E-state index contributed by atoms with van der Waals surface area (Å²) in [5.74, 6) is 0.0726. The molecule has 1 heterocycles. The molecule has 0 saturated carbocycles. The van der Waals surface area contributed by atoms with Crippen molar-refractivity contribution >= 4 is 17.3 Å². The van der Waals surface area contributed by atoms with E-state index in [-0.39, 0.29) is 5.91 Å². The number of rotatable bonds is 3. The van der Waals surface area contributed by atoms with Gasteiger partial charge in [-0.3, -0.25) is 4.79 Å². The maximum atomic E-state index is 13.1. The molecule has 0 N–H and O–H groups in total. The third kappa shape index (κ3) is 3.02. The molecule has 0 bridgehead atoms. The van der Waals surface area contributed by atoms with Crippen LogP contribution in [0.25, 0.3) is 0 Å². The van der Waals surface area contributed by atoms with Gasteiger partial charge in [-0.05, 0) is 50.3 Å². The summed E-state index contributed by atoms with van der Waals surface area (Å²) in [6, 6.07) is 16.4. The van der Waals surface area contributed by atoms with Gasteiger partial charge in [0.05, 0.1) is 0 Å². The van der Waals surface area contributed by atoms with E-state index in [0.717, 1.165) is 29.9 Å². The van der Waals surface area contributed by atoms with Crippen LogP contribution < -0.4 is 9.80 Å². The number of hydrogen-bond acceptors (Lipinski definition) is 3. The monoisotopic (exact) mass is 323 g/mol. The van der Waals surface area contributed by atoms with E-state index in [2.05, 4.69) is 37.2 Å². The second-order valence-corrected chi connectivity index (χ2v) is 6.73. The lowest BCUT2D eigenvalue weighted by Crippen LogP contribution is -2.39. The first-order chi connectivity index (χ1) is 11.5. The average Bonchev–Trinajstić information content (AvgIpc) is 2.60. The molecule has 0 fully saturated rings. The summed E-state index contributed by atoms with van der Waals surface area (Å²) in [5, 5.41) is 0. The van der Waals surface area contributed by atoms with E-state index in [0.29, 0.717) is 6.04 Å². The zero-order chi connectivity index (χ0) is 17.3. The minimum absolute atomic E-state index is 0.0726. The van der Waals surface area contributed by atoms with Crippen LogP contribution >= 0.6 is 0 Å². The van der Waals surface area contributed by atoms with Gasteiger partial charge in [-0.25, -0.2) is 0 Å². The Morgan fingerprint density at radius 2 is 1.79 bits per heavy atom. The maximum absolute atomic E-state index is 13.1. The second-order valence-electron chi connectivity index (χ2n) is 6.73. The van der Waals surface area contributed by atoms with Crippen LogP contribution in [0.4, 0.5) is 11.4 Å². The molecule has 0 aliphatic carbocycles. The van der Waals surface area contributed by atoms with Crippen molar-refractivity contribution in [3.05, 3.63) is 59.7 Å². The minimum Gasteiger partial charge on any atom is -0.378 e. The predicted molar refractivity (Wildman–Crippen MR) is 99.9 cm³/mol. The molecular weight excluding hydrogens is 298 g/mol. The lowest BCUT2D eigenvalue weighted by molar-refractivity contribution is 0.0980. The molecule has 4 nitrogen and oxygen atoms in total. The Morgan fingerprint density at radius 1 is 1.04 bits per heavy atom. The fraction of sp³-hybridized carbons (Fsp3) is 0.350. The van der Waals surface area contributed by atoms with Crippen LogP contribution in [0, 0.1) is 0 Å². The van der Waals surface area contributed by atoms with Gasteiger partial charge in [0, 0.05) is 43.6 Å². The largest absolute Gasteiger partial charge is 0.378 e. The Labute approximate surface area is 144 Å². The first kappa shape index (κ1) is 16.5. The third-order valence-corrected chi connectivity index (χ3v) is 4.69. The van der Waals surface area contributed by atoms with Gasteiger partial charge in [0.25, 0.3) is 5.91 Å². The minimum atomic E-state index is 0.0726. The molecule has 2 aromatic rings. The highest BCUT2D eigenvalue weighted by molar-refractivity contribution is 6.07. The Bertz CT molecular complexity index is 739. The van der Waals surface area contributed by atoms with Crippen molar-refractivity contribution in [2.24, 2.45) is 0 Å². The van der Waals surface area contributed by atoms with Crippen molar-refractivity contribution in [1.29, 1.82) is 0 Å². The Balaban J connectivity index is 1.96. The number of benzene rings is 2. The molecule has 0 saturated heterocycles. The van der Waals surface area contributed by atoms with E-state index >= 15 is 0 Å². The van der Waals surface area contributed by atoms with Crippen LogP contribution in [-0.2, 0) is 0 Å². The van der Waals surface area contributed by atoms with E-state index in [1.54, 1.807) is 0 Å². The number of nitrogens with zero attached hydrogens (tertiary/aromatic N) is 3. The Kier molecular flexibility index (Phi) is 4.58. The van der Waals surface area contributed by atoms with Crippen LogP contribution in [0.15, 0.2) is 48.5 Å². The fourth-order valence-corrected chi connectivity index (χ4v) is 3.36. The number of fused-ring (bicyclic) bond motifs is 1. The van der Waals surface area contributed by atoms with Gasteiger partial charge in [0.1, 0.15) is 0 Å². The van der Waals surface area contributed by atoms with Crippen molar-refractivity contribution in [3.63, 3.8) is 0 Å². The second kappa shape index (κ2) is 6.65. The molecule has 1 amide bonds. The Hall–Kier alpha value is -2.33. The summed E-state index contributed by atoms with van der Waals surface area (Å²) in [6.07, 6.45) is 0.948. The van der Waals surface area contributed by atoms with E-state index in [9.17, 15) is 4.79 Å². The Morgan fingerprint density at radius 3 is 2.50 bits per heavy atom. The highest BCUT2D eigenvalue weighted by Gasteiger charge is 2.30. The summed E-state index contributed by atoms with van der Waals surface area (Å²) in [4.78, 5) is 19.3. The van der Waals surface area contributed by atoms with Gasteiger partial charge in [-0.2, -0.15) is 0 Å². The van der Waals surface area contributed by atoms with Gasteiger partial charge in [0.15, 0.2) is 0 Å². The van der Waals surface area contributed by atoms with Gasteiger partial charge in [-0.15, -0.1) is 0 Å². The van der Waals surface area contributed by atoms with Gasteiger partial charge < -0.3 is 14.7 Å². The molecule has 1 unspecified atom stereocenters. The number of carbonyl (C=O) groups excluding carboxylic acids is 1. The highest BCUT2D eigenvalue weighted by atomic mass is 16.2. The number of para-hydroxylation sites is 1. The lowest BCUT2D eigenvalue weighted by Gasteiger charge is -2.37. The molecule has 2 aromatic carbocycles. The van der Waals surface area contributed by atoms with E-state index in [1.807, 2.05) is 54.2 Å². The van der Waals surface area contributed by atoms with Gasteiger partial charge >= 0.3 is 0 Å². The molecule has 3 rings (SSSR count). The molecule has 1 atom stereocenters. The van der Waals surface area contributed by atoms with Crippen LogP contribution in [0.3, 0.4) is 0 Å². The van der Waals surface area contributed by atoms with E-state index in [1.165, 1.54) is 5.56 Å². The van der Waals surface area contributed by atoms with E-state index in [4.69, 9.17) is 0 Å². The fourth-order valence-electron chi connectivity index (χ4n) is 3.36. The topological polar surface area (TPSA) is 26.8 Å². The number of carbonyl (C=O) groups is 1. The first-order valence-electron chi connectivity index (χ1n) is 8.33. The molecule has 126 valence electrons. The molecular formula is C20H25N3O. The average molecular weight is 323 g/mol. The maximum Gasteiger partial charge on any atom is 0.258 e. The van der Waals surface area contributed by atoms with Crippen LogP contribution in [0.5, 0.6) is 0 Å². The molecule has 0 radical (unpaired) electrons. The molecule has 4 heteroatoms. The lowest BCUT2D eigenvalue weighted by atomic mass is 9.95. The van der Waals surface area contributed by atoms with Gasteiger partial charge in [0.2, 0.25) is 0 Å². The molecule has 0 spiro atoms. The molecule has 1 aliphatic rings. The predicted octanol–water partition coefficient (Wildman–Crippen LogP) is 3.41. The SMILES string of the molecule is CN(C)c1cccc(C(=O)N2CCC(N(C)C)c3ccccc32)c1. The van der Waals surface area contributed by atoms with Crippen LogP contribution in [0.1, 0.15) is 28.4 Å². The van der Waals surface area contributed by atoms with Crippen molar-refractivity contribution in [3.8, 4) is 0 Å². The number of hydrogen-bond donors (Lipinski definition) is 0. The third-order valence-electron chi connectivity index (χ3n) is 4.69. The van der Waals surface area contributed by atoms with Crippen molar-refractivity contribution < 1.29 is 4.79 Å². The quantitative estimate of drug-likeness (QED) is 0.866. The summed E-state index contributed by atoms with van der Waals surface area (Å²) in [6.45, 7) is 0.741. The summed E-state index contributed by atoms with van der Waals surface area (Å²) >= 11 is 0. The summed E-state index contributed by atoms with van der Waals surface area (Å²) < 4.78 is 0. The van der Waals surface area contributed by atoms with E-state index < -0.39 is 0 Å². The smallest absolute Gasteiger partial charge is 0.258 e. The van der Waals surface area contributed by atoms with Crippen molar-refractivity contribution in [2.75, 3.05) is 44.5 Å². The summed E-state index contributed by atoms with van der Waals surface area (Å²) in [5.41, 5.74) is 4.03. The van der Waals surface area contributed by atoms with Gasteiger partial charge in [-0.1, -0.05) is 24.3 Å². The highest BCUT2D eigenvalue weighted by Crippen LogP contribution is 2.37. The normalized spacial score (nSPS) is 16.9. The molecule has 24 heavy (non-hydrogen) atoms.